The standard InChI is InChI=1S/C8H7N5/c1-3-5-6-7(9)10-4-11-8(6)13(2)12-5/h1,4H,2H3,(H2,9,10,11). The van der Waals surface area contributed by atoms with Gasteiger partial charge in [-0.2, -0.15) is 5.10 Å². The van der Waals surface area contributed by atoms with Gasteiger partial charge in [-0.05, 0) is 5.92 Å². The van der Waals surface area contributed by atoms with Gasteiger partial charge in [0.25, 0.3) is 0 Å². The first-order chi connectivity index (χ1) is 6.24. The summed E-state index contributed by atoms with van der Waals surface area (Å²) >= 11 is 0. The molecule has 0 aromatic carbocycles. The van der Waals surface area contributed by atoms with Gasteiger partial charge in [-0.3, -0.25) is 0 Å². The van der Waals surface area contributed by atoms with E-state index in [9.17, 15) is 0 Å². The fourth-order valence-electron chi connectivity index (χ4n) is 1.21. The van der Waals surface area contributed by atoms with E-state index in [1.54, 1.807) is 11.7 Å². The van der Waals surface area contributed by atoms with Crippen molar-refractivity contribution in [2.45, 2.75) is 0 Å². The number of rotatable bonds is 0. The first-order valence-electron chi connectivity index (χ1n) is 3.64. The van der Waals surface area contributed by atoms with Crippen molar-refractivity contribution in [3.05, 3.63) is 12.0 Å². The van der Waals surface area contributed by atoms with E-state index < -0.39 is 0 Å². The quantitative estimate of drug-likeness (QED) is 0.566. The summed E-state index contributed by atoms with van der Waals surface area (Å²) in [4.78, 5) is 7.87. The van der Waals surface area contributed by atoms with Crippen LogP contribution in [0.3, 0.4) is 0 Å². The lowest BCUT2D eigenvalue weighted by Gasteiger charge is -1.93. The third-order valence-corrected chi connectivity index (χ3v) is 1.79. The molecule has 0 aliphatic heterocycles. The van der Waals surface area contributed by atoms with Crippen LogP contribution in [0.25, 0.3) is 11.0 Å². The van der Waals surface area contributed by atoms with Crippen LogP contribution in [0.15, 0.2) is 6.33 Å². The van der Waals surface area contributed by atoms with Gasteiger partial charge in [0, 0.05) is 7.05 Å². The zero-order valence-electron chi connectivity index (χ0n) is 7.02. The van der Waals surface area contributed by atoms with Gasteiger partial charge in [0.1, 0.15) is 17.8 Å². The highest BCUT2D eigenvalue weighted by Crippen LogP contribution is 2.18. The zero-order chi connectivity index (χ0) is 9.42. The molecule has 13 heavy (non-hydrogen) atoms. The molecule has 2 N–H and O–H groups in total. The summed E-state index contributed by atoms with van der Waals surface area (Å²) in [5.74, 6) is 2.81. The number of nitrogens with two attached hydrogens (primary N) is 1. The summed E-state index contributed by atoms with van der Waals surface area (Å²) in [7, 11) is 1.76. The van der Waals surface area contributed by atoms with Crippen molar-refractivity contribution in [2.75, 3.05) is 5.73 Å². The minimum Gasteiger partial charge on any atom is -0.383 e. The van der Waals surface area contributed by atoms with Gasteiger partial charge < -0.3 is 5.73 Å². The molecule has 5 nitrogen and oxygen atoms in total. The highest BCUT2D eigenvalue weighted by atomic mass is 15.3. The summed E-state index contributed by atoms with van der Waals surface area (Å²) in [5.41, 5.74) is 6.78. The van der Waals surface area contributed by atoms with Crippen LogP contribution in [0.4, 0.5) is 5.82 Å². The second kappa shape index (κ2) is 2.45. The Hall–Kier alpha value is -2.09. The Kier molecular flexibility index (Phi) is 1.43. The van der Waals surface area contributed by atoms with Crippen LogP contribution in [-0.4, -0.2) is 19.7 Å². The summed E-state index contributed by atoms with van der Waals surface area (Å²) in [6.45, 7) is 0. The maximum Gasteiger partial charge on any atom is 0.164 e. The predicted molar refractivity (Wildman–Crippen MR) is 48.7 cm³/mol. The number of anilines is 1. The van der Waals surface area contributed by atoms with E-state index in [2.05, 4.69) is 21.0 Å². The van der Waals surface area contributed by atoms with Gasteiger partial charge in [0.05, 0.1) is 5.39 Å². The topological polar surface area (TPSA) is 69.6 Å². The monoisotopic (exact) mass is 173 g/mol. The number of terminal acetylenes is 1. The van der Waals surface area contributed by atoms with Crippen LogP contribution in [0.5, 0.6) is 0 Å². The maximum atomic E-state index is 5.65. The number of nitrogen functional groups attached to an aromatic ring is 1. The molecule has 2 heterocycles. The molecule has 2 rings (SSSR count). The van der Waals surface area contributed by atoms with Gasteiger partial charge in [0.2, 0.25) is 0 Å². The van der Waals surface area contributed by atoms with Gasteiger partial charge in [-0.1, -0.05) is 0 Å². The molecule has 64 valence electrons. The van der Waals surface area contributed by atoms with Crippen LogP contribution in [0.2, 0.25) is 0 Å². The van der Waals surface area contributed by atoms with Crippen molar-refractivity contribution in [3.63, 3.8) is 0 Å². The zero-order valence-corrected chi connectivity index (χ0v) is 7.02. The van der Waals surface area contributed by atoms with Crippen molar-refractivity contribution >= 4 is 16.9 Å². The second-order valence-corrected chi connectivity index (χ2v) is 2.57. The average Bonchev–Trinajstić information content (AvgIpc) is 2.45. The minimum atomic E-state index is 0.367. The van der Waals surface area contributed by atoms with E-state index in [1.807, 2.05) is 0 Å². The van der Waals surface area contributed by atoms with Crippen LogP contribution in [0, 0.1) is 12.3 Å². The molecule has 0 fully saturated rings. The Labute approximate surface area is 74.6 Å². The highest BCUT2D eigenvalue weighted by molar-refractivity contribution is 5.90. The van der Waals surface area contributed by atoms with Crippen LogP contribution >= 0.6 is 0 Å². The first-order valence-corrected chi connectivity index (χ1v) is 3.64. The molecular weight excluding hydrogens is 166 g/mol. The second-order valence-electron chi connectivity index (χ2n) is 2.57. The molecule has 2 aromatic rings. The minimum absolute atomic E-state index is 0.367. The SMILES string of the molecule is C#Cc1nn(C)c2ncnc(N)c12. The molecule has 0 saturated carbocycles. The Balaban J connectivity index is 2.99. The number of aromatic nitrogens is 4. The average molecular weight is 173 g/mol. The highest BCUT2D eigenvalue weighted by Gasteiger charge is 2.10. The lowest BCUT2D eigenvalue weighted by Crippen LogP contribution is -1.95. The molecule has 0 unspecified atom stereocenters. The maximum absolute atomic E-state index is 5.65. The van der Waals surface area contributed by atoms with Crippen molar-refractivity contribution in [3.8, 4) is 12.3 Å². The number of fused-ring (bicyclic) bond motifs is 1. The third-order valence-electron chi connectivity index (χ3n) is 1.79. The Morgan fingerprint density at radius 3 is 3.00 bits per heavy atom. The molecule has 5 heteroatoms. The number of hydrogen-bond donors (Lipinski definition) is 1. The number of nitrogens with zero attached hydrogens (tertiary/aromatic N) is 4. The Morgan fingerprint density at radius 1 is 1.54 bits per heavy atom. The molecule has 0 bridgehead atoms. The summed E-state index contributed by atoms with van der Waals surface area (Å²) in [5, 5.41) is 4.71. The Bertz CT molecular complexity index is 505. The molecule has 0 aliphatic carbocycles. The fourth-order valence-corrected chi connectivity index (χ4v) is 1.21. The fraction of sp³-hybridized carbons (Fsp3) is 0.125. The van der Waals surface area contributed by atoms with Crippen LogP contribution < -0.4 is 5.73 Å². The van der Waals surface area contributed by atoms with E-state index in [-0.39, 0.29) is 0 Å². The molecule has 0 amide bonds. The van der Waals surface area contributed by atoms with Crippen molar-refractivity contribution < 1.29 is 0 Å². The van der Waals surface area contributed by atoms with Crippen LogP contribution in [-0.2, 0) is 7.05 Å². The third kappa shape index (κ3) is 0.924. The predicted octanol–water partition coefficient (Wildman–Crippen LogP) is -0.0732. The van der Waals surface area contributed by atoms with Gasteiger partial charge in [-0.15, -0.1) is 6.42 Å². The lowest BCUT2D eigenvalue weighted by molar-refractivity contribution is 0.781. The number of aryl methyl sites for hydroxylation is 1. The molecule has 0 radical (unpaired) electrons. The van der Waals surface area contributed by atoms with E-state index in [0.717, 1.165) is 0 Å². The number of hydrogen-bond acceptors (Lipinski definition) is 4. The van der Waals surface area contributed by atoms with Crippen molar-refractivity contribution in [2.24, 2.45) is 7.05 Å². The van der Waals surface area contributed by atoms with E-state index in [1.165, 1.54) is 6.33 Å². The van der Waals surface area contributed by atoms with Crippen LogP contribution in [0.1, 0.15) is 5.69 Å². The molecule has 0 aliphatic rings. The van der Waals surface area contributed by atoms with Crippen molar-refractivity contribution in [1.29, 1.82) is 0 Å². The smallest absolute Gasteiger partial charge is 0.164 e. The van der Waals surface area contributed by atoms with Gasteiger partial charge >= 0.3 is 0 Å². The Morgan fingerprint density at radius 2 is 2.31 bits per heavy atom. The van der Waals surface area contributed by atoms with Gasteiger partial charge in [-0.25, -0.2) is 14.6 Å². The normalized spacial score (nSPS) is 10.2. The molecular formula is C8H7N5. The van der Waals surface area contributed by atoms with E-state index in [4.69, 9.17) is 12.2 Å². The van der Waals surface area contributed by atoms with Crippen molar-refractivity contribution in [1.82, 2.24) is 19.7 Å². The molecule has 0 saturated heterocycles. The summed E-state index contributed by atoms with van der Waals surface area (Å²) in [6, 6.07) is 0. The molecule has 0 spiro atoms. The first kappa shape index (κ1) is 7.55. The van der Waals surface area contributed by atoms with E-state index in [0.29, 0.717) is 22.5 Å². The molecule has 2 aromatic heterocycles. The molecule has 0 atom stereocenters. The van der Waals surface area contributed by atoms with Gasteiger partial charge in [0.15, 0.2) is 5.65 Å². The lowest BCUT2D eigenvalue weighted by atomic mass is 10.3. The van der Waals surface area contributed by atoms with E-state index >= 15 is 0 Å². The largest absolute Gasteiger partial charge is 0.383 e. The summed E-state index contributed by atoms with van der Waals surface area (Å²) in [6.07, 6.45) is 6.65. The summed E-state index contributed by atoms with van der Waals surface area (Å²) < 4.78 is 1.59.